The van der Waals surface area contributed by atoms with Crippen molar-refractivity contribution in [3.63, 3.8) is 0 Å². The summed E-state index contributed by atoms with van der Waals surface area (Å²) in [6.45, 7) is 3.57. The Bertz CT molecular complexity index is 1930. The number of urea groups is 1. The first-order valence-electron chi connectivity index (χ1n) is 15.2. The number of nitrogens with zero attached hydrogens (tertiary/aromatic N) is 3. The van der Waals surface area contributed by atoms with E-state index in [9.17, 15) is 22.4 Å². The first-order valence-corrected chi connectivity index (χ1v) is 16.8. The summed E-state index contributed by atoms with van der Waals surface area (Å²) in [7, 11) is 0.788. The number of hydrogen-bond acceptors (Lipinski definition) is 8. The van der Waals surface area contributed by atoms with Crippen LogP contribution in [0.5, 0.6) is 5.75 Å². The van der Waals surface area contributed by atoms with Crippen molar-refractivity contribution in [2.75, 3.05) is 44.1 Å². The molecule has 0 saturated carbocycles. The van der Waals surface area contributed by atoms with Crippen LogP contribution in [0.3, 0.4) is 0 Å². The number of halogens is 1. The molecule has 11 nitrogen and oxygen atoms in total. The van der Waals surface area contributed by atoms with Gasteiger partial charge in [-0.1, -0.05) is 6.07 Å². The number of carbonyl (C=O) groups excluding carboxylic acids is 2. The molecule has 0 bridgehead atoms. The van der Waals surface area contributed by atoms with Crippen LogP contribution in [0.15, 0.2) is 71.8 Å². The normalized spacial score (nSPS) is 15.5. The van der Waals surface area contributed by atoms with Gasteiger partial charge in [0, 0.05) is 43.6 Å². The predicted octanol–water partition coefficient (Wildman–Crippen LogP) is 5.76. The first-order chi connectivity index (χ1) is 22.3. The van der Waals surface area contributed by atoms with Gasteiger partial charge in [0.1, 0.15) is 11.9 Å². The highest BCUT2D eigenvalue weighted by Gasteiger charge is 2.38. The van der Waals surface area contributed by atoms with E-state index in [1.165, 1.54) is 36.3 Å². The summed E-state index contributed by atoms with van der Waals surface area (Å²) in [6, 6.07) is 14.2. The van der Waals surface area contributed by atoms with E-state index in [0.717, 1.165) is 10.8 Å². The van der Waals surface area contributed by atoms with Gasteiger partial charge in [-0.3, -0.25) is 4.79 Å². The van der Waals surface area contributed by atoms with Gasteiger partial charge in [-0.25, -0.2) is 22.6 Å². The van der Waals surface area contributed by atoms with Crippen molar-refractivity contribution in [1.82, 2.24) is 14.8 Å². The quantitative estimate of drug-likeness (QED) is 0.205. The smallest absolute Gasteiger partial charge is 0.321 e. The molecule has 0 aliphatic carbocycles. The monoisotopic (exact) mass is 662 g/mol. The van der Waals surface area contributed by atoms with E-state index in [0.29, 0.717) is 47.7 Å². The number of rotatable bonds is 9. The van der Waals surface area contributed by atoms with Crippen molar-refractivity contribution in [2.45, 2.75) is 48.9 Å². The lowest BCUT2D eigenvalue weighted by molar-refractivity contribution is -0.133. The van der Waals surface area contributed by atoms with E-state index in [-0.39, 0.29) is 22.6 Å². The number of nitrogen functional groups attached to an aromatic ring is 1. The second-order valence-corrected chi connectivity index (χ2v) is 14.4. The number of amides is 3. The van der Waals surface area contributed by atoms with Crippen molar-refractivity contribution < 1.29 is 27.1 Å². The van der Waals surface area contributed by atoms with Gasteiger partial charge >= 0.3 is 6.03 Å². The van der Waals surface area contributed by atoms with Crippen LogP contribution in [-0.2, 0) is 14.6 Å². The largest absolute Gasteiger partial charge is 0.494 e. The number of benzene rings is 3. The highest BCUT2D eigenvalue weighted by Crippen LogP contribution is 2.40. The SMILES string of the molecule is COc1cc([C@@H](Nc2ccc3c(N)nccc3c2)C(=O)N2CCC[C@@H]2c2cc(NC(=O)N(C)C)ccc2S(=O)(=O)C(C)C)ccc1F. The summed E-state index contributed by atoms with van der Waals surface area (Å²) in [5.41, 5.74) is 7.94. The Kier molecular flexibility index (Phi) is 9.57. The number of nitrogens with one attached hydrogen (secondary N) is 2. The molecular weight excluding hydrogens is 623 g/mol. The molecule has 0 spiro atoms. The fraction of sp³-hybridized carbons (Fsp3) is 0.324. The summed E-state index contributed by atoms with van der Waals surface area (Å²) in [6.07, 6.45) is 2.72. The molecule has 0 unspecified atom stereocenters. The Labute approximate surface area is 273 Å². The van der Waals surface area contributed by atoms with E-state index >= 15 is 0 Å². The third kappa shape index (κ3) is 6.80. The number of fused-ring (bicyclic) bond motifs is 1. The van der Waals surface area contributed by atoms with Crippen molar-refractivity contribution in [2.24, 2.45) is 0 Å². The minimum absolute atomic E-state index is 0.0212. The van der Waals surface area contributed by atoms with Crippen molar-refractivity contribution >= 4 is 49.7 Å². The lowest BCUT2D eigenvalue weighted by Gasteiger charge is -2.32. The molecule has 1 aromatic heterocycles. The average molecular weight is 663 g/mol. The van der Waals surface area contributed by atoms with Crippen LogP contribution in [0.1, 0.15) is 49.9 Å². The van der Waals surface area contributed by atoms with Gasteiger partial charge in [0.25, 0.3) is 0 Å². The maximum Gasteiger partial charge on any atom is 0.321 e. The standard InChI is InChI=1S/C34H39FN6O5S/c1-20(2)47(44,45)30-13-10-24(39-34(43)40(3)4)19-26(30)28-7-6-16-41(28)33(42)31(22-8-12-27(35)29(18-22)46-5)38-23-9-11-25-21(17-23)14-15-37-32(25)36/h8-15,17-20,28,31,38H,6-7,16H2,1-5H3,(H2,36,37)(H,39,43)/t28-,31-/m1/s1. The molecule has 2 heterocycles. The van der Waals surface area contributed by atoms with Gasteiger partial charge in [0.15, 0.2) is 21.4 Å². The summed E-state index contributed by atoms with van der Waals surface area (Å²) < 4.78 is 46.9. The van der Waals surface area contributed by atoms with E-state index in [2.05, 4.69) is 15.6 Å². The molecule has 3 aromatic carbocycles. The zero-order valence-electron chi connectivity index (χ0n) is 27.0. The fourth-order valence-corrected chi connectivity index (χ4v) is 7.05. The average Bonchev–Trinajstić information content (AvgIpc) is 3.53. The molecule has 0 radical (unpaired) electrons. The summed E-state index contributed by atoms with van der Waals surface area (Å²) in [4.78, 5) is 34.4. The number of ether oxygens (including phenoxy) is 1. The Balaban J connectivity index is 1.59. The zero-order valence-corrected chi connectivity index (χ0v) is 27.8. The fourth-order valence-electron chi connectivity index (χ4n) is 5.76. The topological polar surface area (TPSA) is 147 Å². The predicted molar refractivity (Wildman–Crippen MR) is 181 cm³/mol. The molecule has 4 N–H and O–H groups in total. The third-order valence-corrected chi connectivity index (χ3v) is 10.6. The highest BCUT2D eigenvalue weighted by molar-refractivity contribution is 7.92. The number of carbonyl (C=O) groups is 2. The molecule has 1 fully saturated rings. The van der Waals surface area contributed by atoms with Crippen LogP contribution >= 0.6 is 0 Å². The molecule has 4 aromatic rings. The minimum atomic E-state index is -3.76. The van der Waals surface area contributed by atoms with Crippen LogP contribution < -0.4 is 21.1 Å². The third-order valence-electron chi connectivity index (χ3n) is 8.35. The van der Waals surface area contributed by atoms with Crippen LogP contribution in [0.25, 0.3) is 10.8 Å². The molecule has 3 amide bonds. The van der Waals surface area contributed by atoms with Crippen LogP contribution in [-0.4, -0.2) is 68.1 Å². The molecule has 248 valence electrons. The second-order valence-electron chi connectivity index (χ2n) is 12.0. The maximum absolute atomic E-state index is 14.7. The van der Waals surface area contributed by atoms with E-state index < -0.39 is 33.0 Å². The molecule has 2 atom stereocenters. The van der Waals surface area contributed by atoms with Crippen LogP contribution in [0.4, 0.5) is 26.4 Å². The Morgan fingerprint density at radius 2 is 1.81 bits per heavy atom. The summed E-state index contributed by atoms with van der Waals surface area (Å²) in [5.74, 6) is -0.561. The molecule has 1 aliphatic heterocycles. The van der Waals surface area contributed by atoms with Gasteiger partial charge in [-0.15, -0.1) is 0 Å². The molecule has 1 aliphatic rings. The van der Waals surface area contributed by atoms with Gasteiger partial charge in [-0.2, -0.15) is 0 Å². The molecule has 13 heteroatoms. The molecular formula is C34H39FN6O5S. The lowest BCUT2D eigenvalue weighted by Crippen LogP contribution is -2.38. The van der Waals surface area contributed by atoms with Gasteiger partial charge in [-0.05, 0) is 97.8 Å². The Hall–Kier alpha value is -4.91. The molecule has 1 saturated heterocycles. The lowest BCUT2D eigenvalue weighted by atomic mass is 10.0. The maximum atomic E-state index is 14.7. The van der Waals surface area contributed by atoms with Gasteiger partial charge in [0.05, 0.1) is 23.3 Å². The number of methoxy groups -OCH3 is 1. The minimum Gasteiger partial charge on any atom is -0.494 e. The number of likely N-dealkylation sites (tertiary alicyclic amines) is 1. The molecule has 47 heavy (non-hydrogen) atoms. The summed E-state index contributed by atoms with van der Waals surface area (Å²) in [5, 5.41) is 6.96. The number of aromatic nitrogens is 1. The Morgan fingerprint density at radius 1 is 1.06 bits per heavy atom. The van der Waals surface area contributed by atoms with Crippen molar-refractivity contribution in [3.05, 3.63) is 83.8 Å². The van der Waals surface area contributed by atoms with Crippen molar-refractivity contribution in [3.8, 4) is 5.75 Å². The van der Waals surface area contributed by atoms with Crippen LogP contribution in [0.2, 0.25) is 0 Å². The number of hydrogen-bond donors (Lipinski definition) is 3. The summed E-state index contributed by atoms with van der Waals surface area (Å²) >= 11 is 0. The molecule has 5 rings (SSSR count). The number of pyridine rings is 1. The second kappa shape index (κ2) is 13.4. The van der Waals surface area contributed by atoms with Gasteiger partial charge < -0.3 is 30.9 Å². The van der Waals surface area contributed by atoms with E-state index in [4.69, 9.17) is 10.5 Å². The number of nitrogens with two attached hydrogens (primary N) is 1. The van der Waals surface area contributed by atoms with E-state index in [1.807, 2.05) is 18.2 Å². The number of sulfone groups is 1. The zero-order chi connectivity index (χ0) is 34.0. The Morgan fingerprint density at radius 3 is 2.51 bits per heavy atom. The highest BCUT2D eigenvalue weighted by atomic mass is 32.2. The van der Waals surface area contributed by atoms with Gasteiger partial charge in [0.2, 0.25) is 5.91 Å². The first kappa shape index (κ1) is 33.5. The van der Waals surface area contributed by atoms with E-state index in [1.54, 1.807) is 57.2 Å². The number of anilines is 3. The van der Waals surface area contributed by atoms with Crippen LogP contribution in [0, 0.1) is 5.82 Å². The van der Waals surface area contributed by atoms with Crippen molar-refractivity contribution in [1.29, 1.82) is 0 Å².